The summed E-state index contributed by atoms with van der Waals surface area (Å²) in [6.07, 6.45) is 1.90. The molecule has 2 aromatic carbocycles. The van der Waals surface area contributed by atoms with Crippen LogP contribution in [0.15, 0.2) is 48.5 Å². The lowest BCUT2D eigenvalue weighted by atomic mass is 9.67. The van der Waals surface area contributed by atoms with Crippen LogP contribution in [-0.4, -0.2) is 59.5 Å². The fraction of sp³-hybridized carbons (Fsp3) is 0.500. The van der Waals surface area contributed by atoms with Crippen molar-refractivity contribution in [2.45, 2.75) is 69.2 Å². The molecule has 1 saturated heterocycles. The number of sulfonamides is 1. The average Bonchev–Trinajstić information content (AvgIpc) is 3.75. The third kappa shape index (κ3) is 6.43. The number of benzene rings is 2. The first-order chi connectivity index (χ1) is 18.4. The van der Waals surface area contributed by atoms with E-state index in [1.807, 2.05) is 37.3 Å². The van der Waals surface area contributed by atoms with Gasteiger partial charge < -0.3 is 4.90 Å². The molecule has 1 heterocycles. The van der Waals surface area contributed by atoms with Crippen LogP contribution in [0.5, 0.6) is 0 Å². The van der Waals surface area contributed by atoms with Gasteiger partial charge in [-0.1, -0.05) is 54.4 Å². The molecule has 2 fully saturated rings. The van der Waals surface area contributed by atoms with Crippen molar-refractivity contribution >= 4 is 45.0 Å². The Morgan fingerprint density at radius 3 is 2.41 bits per heavy atom. The summed E-state index contributed by atoms with van der Waals surface area (Å²) in [4.78, 5) is 28.4. The van der Waals surface area contributed by atoms with E-state index in [0.29, 0.717) is 35.7 Å². The normalized spacial score (nSPS) is 24.6. The molecule has 212 valence electrons. The molecule has 2 aliphatic rings. The van der Waals surface area contributed by atoms with Gasteiger partial charge in [0.1, 0.15) is 0 Å². The number of hydroxylamine groups is 1. The van der Waals surface area contributed by atoms with E-state index in [0.717, 1.165) is 11.1 Å². The second-order valence-electron chi connectivity index (χ2n) is 11.1. The number of carbonyl (C=O) groups excluding carboxylic acids is 2. The third-order valence-corrected chi connectivity index (χ3v) is 10.8. The van der Waals surface area contributed by atoms with Crippen molar-refractivity contribution in [2.75, 3.05) is 13.6 Å². The third-order valence-electron chi connectivity index (χ3n) is 7.98. The molecule has 2 aromatic rings. The van der Waals surface area contributed by atoms with Crippen LogP contribution in [0.25, 0.3) is 0 Å². The first-order valence-corrected chi connectivity index (χ1v) is 15.3. The lowest BCUT2D eigenvalue weighted by Crippen LogP contribution is -2.56. The van der Waals surface area contributed by atoms with Crippen LogP contribution in [0.1, 0.15) is 69.0 Å². The van der Waals surface area contributed by atoms with Crippen molar-refractivity contribution in [1.29, 1.82) is 0 Å². The highest BCUT2D eigenvalue weighted by Crippen LogP contribution is 2.52. The Balaban J connectivity index is 1.76. The average molecular weight is 597 g/mol. The van der Waals surface area contributed by atoms with Gasteiger partial charge in [-0.3, -0.25) is 14.8 Å². The molecule has 2 amide bonds. The van der Waals surface area contributed by atoms with Gasteiger partial charge in [-0.2, -0.15) is 0 Å². The van der Waals surface area contributed by atoms with Crippen molar-refractivity contribution in [3.63, 3.8) is 0 Å². The van der Waals surface area contributed by atoms with Crippen molar-refractivity contribution in [1.82, 2.24) is 14.7 Å². The summed E-state index contributed by atoms with van der Waals surface area (Å²) in [5.74, 6) is -1.12. The fourth-order valence-electron chi connectivity index (χ4n) is 5.68. The second kappa shape index (κ2) is 11.7. The van der Waals surface area contributed by atoms with E-state index in [1.165, 1.54) is 4.31 Å². The molecular weight excluding hydrogens is 561 g/mol. The van der Waals surface area contributed by atoms with Gasteiger partial charge in [-0.25, -0.2) is 18.2 Å². The quantitative estimate of drug-likeness (QED) is 0.291. The van der Waals surface area contributed by atoms with Crippen LogP contribution >= 0.6 is 23.2 Å². The minimum atomic E-state index is -3.36. The lowest BCUT2D eigenvalue weighted by molar-refractivity contribution is -0.158. The maximum absolute atomic E-state index is 14.3. The van der Waals surface area contributed by atoms with Gasteiger partial charge >= 0.3 is 0 Å². The van der Waals surface area contributed by atoms with Crippen molar-refractivity contribution in [3.8, 4) is 0 Å². The standard InChI is InChI=1S/C28H35Cl2N3O5S/c1-18(13-14-32(3)39(37,38)23-11-12-23)33-26(19-7-9-21(29)10-8-19)24(20-5-4-6-22(30)15-20)16-28(2,27(33)35)17-25(34)31-36/h4-10,15,18,23-24,26,36H,11-14,16-17H2,1-3H3,(H,31,34)/t18-,24+,26+,28+/m0/s1. The van der Waals surface area contributed by atoms with Crippen LogP contribution in [0, 0.1) is 5.41 Å². The van der Waals surface area contributed by atoms with E-state index in [2.05, 4.69) is 0 Å². The first-order valence-electron chi connectivity index (χ1n) is 13.1. The summed E-state index contributed by atoms with van der Waals surface area (Å²) in [6, 6.07) is 14.0. The highest BCUT2D eigenvalue weighted by atomic mass is 35.5. The predicted molar refractivity (Wildman–Crippen MR) is 151 cm³/mol. The number of amides is 2. The van der Waals surface area contributed by atoms with Gasteiger partial charge in [0, 0.05) is 42.0 Å². The van der Waals surface area contributed by atoms with Gasteiger partial charge in [0.25, 0.3) is 0 Å². The zero-order valence-corrected chi connectivity index (χ0v) is 24.6. The van der Waals surface area contributed by atoms with E-state index in [1.54, 1.807) is 42.6 Å². The fourth-order valence-corrected chi connectivity index (χ4v) is 7.60. The summed E-state index contributed by atoms with van der Waals surface area (Å²) in [5, 5.41) is 10.1. The van der Waals surface area contributed by atoms with Crippen LogP contribution in [-0.2, 0) is 19.6 Å². The Labute approximate surface area is 240 Å². The van der Waals surface area contributed by atoms with Gasteiger partial charge in [0.2, 0.25) is 21.8 Å². The summed E-state index contributed by atoms with van der Waals surface area (Å²) in [7, 11) is -1.77. The minimum absolute atomic E-state index is 0.202. The summed E-state index contributed by atoms with van der Waals surface area (Å²) in [6.45, 7) is 3.90. The van der Waals surface area contributed by atoms with Crippen LogP contribution in [0.2, 0.25) is 10.0 Å². The monoisotopic (exact) mass is 595 g/mol. The number of rotatable bonds is 10. The number of likely N-dealkylation sites (tertiary alicyclic amines) is 1. The number of nitrogens with zero attached hydrogens (tertiary/aromatic N) is 2. The molecule has 0 bridgehead atoms. The van der Waals surface area contributed by atoms with Gasteiger partial charge in [0.15, 0.2) is 0 Å². The molecule has 0 radical (unpaired) electrons. The van der Waals surface area contributed by atoms with E-state index >= 15 is 0 Å². The SMILES string of the molecule is C[C@@H](CCN(C)S(=O)(=O)C1CC1)N1C(=O)[C@@](C)(CC(=O)NO)C[C@H](c2cccc(Cl)c2)[C@H]1c1ccc(Cl)cc1. The highest BCUT2D eigenvalue weighted by molar-refractivity contribution is 7.90. The summed E-state index contributed by atoms with van der Waals surface area (Å²) >= 11 is 12.6. The molecule has 0 spiro atoms. The van der Waals surface area contributed by atoms with Crippen molar-refractivity contribution < 1.29 is 23.2 Å². The smallest absolute Gasteiger partial charge is 0.244 e. The zero-order valence-electron chi connectivity index (χ0n) is 22.3. The van der Waals surface area contributed by atoms with Crippen molar-refractivity contribution in [3.05, 3.63) is 69.7 Å². The molecule has 39 heavy (non-hydrogen) atoms. The Morgan fingerprint density at radius 1 is 1.15 bits per heavy atom. The second-order valence-corrected chi connectivity index (χ2v) is 14.2. The minimum Gasteiger partial charge on any atom is -0.332 e. The van der Waals surface area contributed by atoms with Crippen LogP contribution in [0.3, 0.4) is 0 Å². The molecule has 1 aliphatic carbocycles. The molecule has 0 unspecified atom stereocenters. The molecule has 4 rings (SSSR count). The molecule has 2 N–H and O–H groups in total. The molecular formula is C28H35Cl2N3O5S. The van der Waals surface area contributed by atoms with Gasteiger partial charge in [0.05, 0.1) is 16.7 Å². The largest absolute Gasteiger partial charge is 0.332 e. The topological polar surface area (TPSA) is 107 Å². The number of nitrogens with one attached hydrogen (secondary N) is 1. The predicted octanol–water partition coefficient (Wildman–Crippen LogP) is 5.16. The number of hydrogen-bond donors (Lipinski definition) is 2. The maximum Gasteiger partial charge on any atom is 0.244 e. The van der Waals surface area contributed by atoms with Crippen LogP contribution < -0.4 is 5.48 Å². The van der Waals surface area contributed by atoms with Gasteiger partial charge in [-0.15, -0.1) is 0 Å². The Morgan fingerprint density at radius 2 is 1.82 bits per heavy atom. The van der Waals surface area contributed by atoms with E-state index in [9.17, 15) is 23.2 Å². The first kappa shape index (κ1) is 29.8. The number of hydrogen-bond acceptors (Lipinski definition) is 5. The Bertz CT molecular complexity index is 1320. The molecule has 11 heteroatoms. The maximum atomic E-state index is 14.3. The highest BCUT2D eigenvalue weighted by Gasteiger charge is 2.52. The van der Waals surface area contributed by atoms with E-state index in [4.69, 9.17) is 23.2 Å². The number of piperidine rings is 1. The molecule has 1 aliphatic heterocycles. The van der Waals surface area contributed by atoms with Gasteiger partial charge in [-0.05, 0) is 68.0 Å². The summed E-state index contributed by atoms with van der Waals surface area (Å²) < 4.78 is 26.9. The van der Waals surface area contributed by atoms with Crippen molar-refractivity contribution in [2.24, 2.45) is 5.41 Å². The number of carbonyl (C=O) groups is 2. The Hall–Kier alpha value is -2.17. The number of halogens is 2. The Kier molecular flexibility index (Phi) is 8.98. The van der Waals surface area contributed by atoms with E-state index in [-0.39, 0.29) is 36.1 Å². The summed E-state index contributed by atoms with van der Waals surface area (Å²) in [5.41, 5.74) is 2.33. The van der Waals surface area contributed by atoms with Crippen LogP contribution in [0.4, 0.5) is 0 Å². The lowest BCUT2D eigenvalue weighted by Gasteiger charge is -2.51. The molecule has 8 nitrogen and oxygen atoms in total. The van der Waals surface area contributed by atoms with E-state index < -0.39 is 27.4 Å². The molecule has 0 aromatic heterocycles. The molecule has 1 saturated carbocycles. The zero-order chi connectivity index (χ0) is 28.5. The molecule has 4 atom stereocenters.